The van der Waals surface area contributed by atoms with Crippen molar-refractivity contribution in [3.05, 3.63) is 11.6 Å². The first kappa shape index (κ1) is 28.2. The molecule has 214 valence electrons. The summed E-state index contributed by atoms with van der Waals surface area (Å²) in [4.78, 5) is 25.3. The average Bonchev–Trinajstić information content (AvgIpc) is 2.81. The third kappa shape index (κ3) is 3.73. The fraction of sp³-hybridized carbons (Fsp3) is 0.882. The normalized spacial score (nSPS) is 46.9. The number of carbonyl (C=O) groups is 2. The number of allylic oxidation sites excluding steroid dienone is 2. The second kappa shape index (κ2) is 8.84. The Hall–Kier alpha value is -1.32. The predicted octanol–water partition coefficient (Wildman–Crippen LogP) is 8.58. The molecule has 8 atom stereocenters. The molecule has 0 radical (unpaired) electrons. The van der Waals surface area contributed by atoms with Crippen LogP contribution in [0.4, 0.5) is 0 Å². The molecule has 0 heterocycles. The van der Waals surface area contributed by atoms with E-state index < -0.39 is 11.4 Å². The molecule has 8 unspecified atom stereocenters. The van der Waals surface area contributed by atoms with Gasteiger partial charge in [0.2, 0.25) is 0 Å². The standard InChI is InChI=1S/C34H54O4/c1-9-10-27(35)38-26-14-15-31(6)24(30(26,4)5)13-16-33(8)25(31)12-11-22-23-21-29(2,3)17-19-34(23,28(36)37)20-18-32(22,33)7/h11,23-26H,9-10,12-21H2,1-8H3,(H,36,37). The van der Waals surface area contributed by atoms with Crippen molar-refractivity contribution >= 4 is 11.9 Å². The number of carboxylic acids is 1. The fourth-order valence-electron chi connectivity index (χ4n) is 11.2. The Balaban J connectivity index is 1.51. The Bertz CT molecular complexity index is 1020. The molecule has 4 heteroatoms. The van der Waals surface area contributed by atoms with Crippen molar-refractivity contribution in [3.8, 4) is 0 Å². The van der Waals surface area contributed by atoms with Gasteiger partial charge >= 0.3 is 11.9 Å². The molecular formula is C34H54O4. The predicted molar refractivity (Wildman–Crippen MR) is 151 cm³/mol. The highest BCUT2D eigenvalue weighted by molar-refractivity contribution is 5.76. The summed E-state index contributed by atoms with van der Waals surface area (Å²) in [5.74, 6) is 0.669. The zero-order valence-electron chi connectivity index (χ0n) is 25.5. The average molecular weight is 527 g/mol. The lowest BCUT2D eigenvalue weighted by atomic mass is 9.33. The summed E-state index contributed by atoms with van der Waals surface area (Å²) in [6.45, 7) is 19.1. The lowest BCUT2D eigenvalue weighted by Crippen LogP contribution is -2.65. The van der Waals surface area contributed by atoms with Crippen LogP contribution in [0.15, 0.2) is 11.6 Å². The summed E-state index contributed by atoms with van der Waals surface area (Å²) in [5.41, 5.74) is 1.49. The highest BCUT2D eigenvalue weighted by Crippen LogP contribution is 2.75. The second-order valence-electron chi connectivity index (χ2n) is 16.3. The van der Waals surface area contributed by atoms with E-state index >= 15 is 0 Å². The minimum atomic E-state index is -0.576. The third-order valence-corrected chi connectivity index (χ3v) is 13.7. The molecule has 0 bridgehead atoms. The molecule has 0 amide bonds. The first-order valence-electron chi connectivity index (χ1n) is 15.7. The van der Waals surface area contributed by atoms with Crippen LogP contribution in [0, 0.1) is 50.2 Å². The topological polar surface area (TPSA) is 63.6 Å². The zero-order chi connectivity index (χ0) is 27.9. The second-order valence-corrected chi connectivity index (χ2v) is 16.3. The number of hydrogen-bond acceptors (Lipinski definition) is 3. The van der Waals surface area contributed by atoms with Crippen molar-refractivity contribution in [3.63, 3.8) is 0 Å². The van der Waals surface area contributed by atoms with Crippen LogP contribution in [-0.4, -0.2) is 23.1 Å². The van der Waals surface area contributed by atoms with E-state index in [0.29, 0.717) is 18.3 Å². The number of ether oxygens (including phenoxy) is 1. The van der Waals surface area contributed by atoms with Crippen molar-refractivity contribution in [2.45, 2.75) is 139 Å². The smallest absolute Gasteiger partial charge is 0.310 e. The van der Waals surface area contributed by atoms with Gasteiger partial charge in [-0.1, -0.05) is 67.0 Å². The number of hydrogen-bond donors (Lipinski definition) is 1. The number of rotatable bonds is 4. The van der Waals surface area contributed by atoms with Crippen LogP contribution in [0.5, 0.6) is 0 Å². The van der Waals surface area contributed by atoms with Crippen molar-refractivity contribution < 1.29 is 19.4 Å². The molecule has 5 aliphatic carbocycles. The van der Waals surface area contributed by atoms with Crippen LogP contribution in [0.1, 0.15) is 132 Å². The molecule has 4 saturated carbocycles. The SMILES string of the molecule is CCCC(=O)OC1CCC2(C)C(CCC3(C)C2CC=C2C4CC(C)(C)CCC4(C(=O)O)CCC23C)C1(C)C. The van der Waals surface area contributed by atoms with E-state index in [-0.39, 0.29) is 45.1 Å². The number of carboxylic acid groups (broad SMARTS) is 1. The molecule has 0 aromatic carbocycles. The molecule has 0 aromatic heterocycles. The number of esters is 1. The minimum Gasteiger partial charge on any atom is -0.481 e. The molecule has 0 saturated heterocycles. The highest BCUT2D eigenvalue weighted by Gasteiger charge is 2.69. The zero-order valence-corrected chi connectivity index (χ0v) is 25.5. The van der Waals surface area contributed by atoms with Crippen LogP contribution in [0.2, 0.25) is 0 Å². The summed E-state index contributed by atoms with van der Waals surface area (Å²) in [7, 11) is 0. The van der Waals surface area contributed by atoms with Crippen LogP contribution in [-0.2, 0) is 14.3 Å². The molecular weight excluding hydrogens is 472 g/mol. The summed E-state index contributed by atoms with van der Waals surface area (Å²) < 4.78 is 6.11. The summed E-state index contributed by atoms with van der Waals surface area (Å²) in [5, 5.41) is 10.6. The maximum atomic E-state index is 12.9. The van der Waals surface area contributed by atoms with Gasteiger partial charge in [-0.2, -0.15) is 0 Å². The summed E-state index contributed by atoms with van der Waals surface area (Å²) in [6, 6.07) is 0. The molecule has 38 heavy (non-hydrogen) atoms. The van der Waals surface area contributed by atoms with Gasteiger partial charge in [-0.15, -0.1) is 0 Å². The van der Waals surface area contributed by atoms with E-state index in [1.54, 1.807) is 0 Å². The quantitative estimate of drug-likeness (QED) is 0.294. The third-order valence-electron chi connectivity index (χ3n) is 13.7. The van der Waals surface area contributed by atoms with Gasteiger partial charge in [-0.25, -0.2) is 0 Å². The maximum absolute atomic E-state index is 12.9. The van der Waals surface area contributed by atoms with Gasteiger partial charge in [0.15, 0.2) is 0 Å². The fourth-order valence-corrected chi connectivity index (χ4v) is 11.2. The van der Waals surface area contributed by atoms with Gasteiger partial charge in [0.25, 0.3) is 0 Å². The van der Waals surface area contributed by atoms with Crippen molar-refractivity contribution in [2.75, 3.05) is 0 Å². The van der Waals surface area contributed by atoms with Crippen molar-refractivity contribution in [1.29, 1.82) is 0 Å². The van der Waals surface area contributed by atoms with E-state index in [2.05, 4.69) is 54.5 Å². The Morgan fingerprint density at radius 2 is 1.61 bits per heavy atom. The number of aliphatic carboxylic acids is 1. The van der Waals surface area contributed by atoms with Crippen LogP contribution >= 0.6 is 0 Å². The lowest BCUT2D eigenvalue weighted by Gasteiger charge is -2.71. The van der Waals surface area contributed by atoms with Crippen molar-refractivity contribution in [2.24, 2.45) is 50.2 Å². The minimum absolute atomic E-state index is 0.00425. The number of carbonyl (C=O) groups excluding carboxylic acids is 1. The lowest BCUT2D eigenvalue weighted by molar-refractivity contribution is -0.213. The summed E-state index contributed by atoms with van der Waals surface area (Å²) in [6.07, 6.45) is 14.0. The van der Waals surface area contributed by atoms with E-state index in [1.165, 1.54) is 18.4 Å². The van der Waals surface area contributed by atoms with E-state index in [0.717, 1.165) is 57.8 Å². The van der Waals surface area contributed by atoms with E-state index in [9.17, 15) is 14.7 Å². The van der Waals surface area contributed by atoms with Crippen molar-refractivity contribution in [1.82, 2.24) is 0 Å². The maximum Gasteiger partial charge on any atom is 0.310 e. The molecule has 4 nitrogen and oxygen atoms in total. The first-order valence-corrected chi connectivity index (χ1v) is 15.7. The van der Waals surface area contributed by atoms with Gasteiger partial charge < -0.3 is 9.84 Å². The van der Waals surface area contributed by atoms with Crippen LogP contribution in [0.3, 0.4) is 0 Å². The van der Waals surface area contributed by atoms with Gasteiger partial charge in [0.1, 0.15) is 6.10 Å². The summed E-state index contributed by atoms with van der Waals surface area (Å²) >= 11 is 0. The molecule has 5 aliphatic rings. The van der Waals surface area contributed by atoms with Gasteiger partial charge in [-0.05, 0) is 110 Å². The van der Waals surface area contributed by atoms with E-state index in [4.69, 9.17) is 4.74 Å². The molecule has 0 spiro atoms. The monoisotopic (exact) mass is 526 g/mol. The Kier molecular flexibility index (Phi) is 6.56. The van der Waals surface area contributed by atoms with E-state index in [1.807, 2.05) is 6.92 Å². The van der Waals surface area contributed by atoms with Gasteiger partial charge in [0, 0.05) is 11.8 Å². The van der Waals surface area contributed by atoms with Gasteiger partial charge in [-0.3, -0.25) is 9.59 Å². The largest absolute Gasteiger partial charge is 0.481 e. The van der Waals surface area contributed by atoms with Crippen LogP contribution in [0.25, 0.3) is 0 Å². The first-order chi connectivity index (χ1) is 17.6. The Morgan fingerprint density at radius 1 is 0.921 bits per heavy atom. The molecule has 5 rings (SSSR count). The molecule has 0 aliphatic heterocycles. The highest BCUT2D eigenvalue weighted by atomic mass is 16.5. The molecule has 4 fully saturated rings. The molecule has 1 N–H and O–H groups in total. The van der Waals surface area contributed by atoms with Crippen LogP contribution < -0.4 is 0 Å². The Morgan fingerprint density at radius 3 is 2.26 bits per heavy atom. The Labute approximate surface area is 231 Å². The number of fused-ring (bicyclic) bond motifs is 7. The van der Waals surface area contributed by atoms with Gasteiger partial charge in [0.05, 0.1) is 5.41 Å². The molecule has 0 aromatic rings.